The summed E-state index contributed by atoms with van der Waals surface area (Å²) in [6.07, 6.45) is 7.52. The van der Waals surface area contributed by atoms with Crippen molar-refractivity contribution in [2.75, 3.05) is 5.75 Å². The van der Waals surface area contributed by atoms with Gasteiger partial charge in [-0.15, -0.1) is 10.2 Å². The van der Waals surface area contributed by atoms with Crippen LogP contribution in [0.3, 0.4) is 0 Å². The second kappa shape index (κ2) is 10.8. The van der Waals surface area contributed by atoms with Crippen molar-refractivity contribution in [2.24, 2.45) is 11.0 Å². The second-order valence-corrected chi connectivity index (χ2v) is 9.73. The van der Waals surface area contributed by atoms with Gasteiger partial charge in [-0.3, -0.25) is 9.36 Å². The molecule has 2 aromatic heterocycles. The van der Waals surface area contributed by atoms with Crippen LogP contribution in [0.5, 0.6) is 0 Å². The molecule has 0 atom stereocenters. The van der Waals surface area contributed by atoms with Crippen LogP contribution in [-0.4, -0.2) is 32.1 Å². The molecule has 1 saturated carbocycles. The van der Waals surface area contributed by atoms with Crippen molar-refractivity contribution < 1.29 is 9.21 Å². The molecule has 1 aliphatic carbocycles. The third kappa shape index (κ3) is 5.74. The molecule has 4 rings (SSSR count). The number of furan rings is 1. The fourth-order valence-corrected chi connectivity index (χ4v) is 4.92. The summed E-state index contributed by atoms with van der Waals surface area (Å²) in [5.41, 5.74) is 5.66. The maximum absolute atomic E-state index is 12.6. The average molecular weight is 466 g/mol. The monoisotopic (exact) mass is 465 g/mol. The Bertz CT molecular complexity index is 1080. The first-order chi connectivity index (χ1) is 16.0. The first-order valence-electron chi connectivity index (χ1n) is 11.6. The van der Waals surface area contributed by atoms with Gasteiger partial charge >= 0.3 is 0 Å². The highest BCUT2D eigenvalue weighted by atomic mass is 32.2. The van der Waals surface area contributed by atoms with Crippen LogP contribution in [-0.2, 0) is 4.79 Å². The Kier molecular flexibility index (Phi) is 7.65. The number of benzene rings is 1. The summed E-state index contributed by atoms with van der Waals surface area (Å²) in [4.78, 5) is 12.6. The maximum Gasteiger partial charge on any atom is 0.250 e. The van der Waals surface area contributed by atoms with Gasteiger partial charge in [0.25, 0.3) is 5.91 Å². The number of carbonyl (C=O) groups is 1. The highest BCUT2D eigenvalue weighted by molar-refractivity contribution is 7.99. The van der Waals surface area contributed by atoms with Gasteiger partial charge in [0, 0.05) is 17.5 Å². The molecule has 0 bridgehead atoms. The fourth-order valence-electron chi connectivity index (χ4n) is 4.12. The van der Waals surface area contributed by atoms with Gasteiger partial charge in [0.15, 0.2) is 11.0 Å². The summed E-state index contributed by atoms with van der Waals surface area (Å²) in [6.45, 7) is 6.11. The number of aryl methyl sites for hydroxylation is 1. The molecule has 3 aromatic rings. The van der Waals surface area contributed by atoms with E-state index in [-0.39, 0.29) is 17.6 Å². The summed E-state index contributed by atoms with van der Waals surface area (Å²) in [5.74, 6) is 1.70. The molecule has 1 aromatic carbocycles. The molecule has 1 N–H and O–H groups in total. The molecule has 0 unspecified atom stereocenters. The lowest BCUT2D eigenvalue weighted by molar-refractivity contribution is -0.118. The summed E-state index contributed by atoms with van der Waals surface area (Å²) >= 11 is 1.41. The summed E-state index contributed by atoms with van der Waals surface area (Å²) in [5, 5.41) is 14.1. The van der Waals surface area contributed by atoms with Gasteiger partial charge in [0.2, 0.25) is 0 Å². The number of thioether (sulfide) groups is 1. The Morgan fingerprint density at radius 1 is 1.18 bits per heavy atom. The van der Waals surface area contributed by atoms with Crippen molar-refractivity contribution in [2.45, 2.75) is 64.1 Å². The zero-order chi connectivity index (χ0) is 23.2. The number of nitrogens with one attached hydrogen (secondary N) is 1. The fraction of sp³-hybridized carbons (Fsp3) is 0.440. The summed E-state index contributed by atoms with van der Waals surface area (Å²) < 4.78 is 7.69. The molecular formula is C25H31N5O2S. The van der Waals surface area contributed by atoms with Gasteiger partial charge in [-0.05, 0) is 31.9 Å². The number of hydrogen-bond acceptors (Lipinski definition) is 6. The second-order valence-electron chi connectivity index (χ2n) is 8.79. The van der Waals surface area contributed by atoms with Crippen LogP contribution in [0.25, 0.3) is 11.4 Å². The topological polar surface area (TPSA) is 85.3 Å². The van der Waals surface area contributed by atoms with E-state index in [9.17, 15) is 4.79 Å². The first-order valence-corrected chi connectivity index (χ1v) is 12.6. The van der Waals surface area contributed by atoms with Gasteiger partial charge in [0.05, 0.1) is 12.0 Å². The standard InChI is InChI=1S/C25H31N5O2S/c1-17(2)23(21-10-7-15-32-21)27-26-22(31)16-33-25-29-28-24(19-13-11-18(3)12-14-19)30(25)20-8-5-4-6-9-20/h7,10-15,17,20H,4-6,8-9,16H2,1-3H3,(H,26,31)/b27-23+. The van der Waals surface area contributed by atoms with E-state index < -0.39 is 0 Å². The average Bonchev–Trinajstić information content (AvgIpc) is 3.49. The molecule has 2 heterocycles. The SMILES string of the molecule is Cc1ccc(-c2nnc(SCC(=O)N/N=C(/c3ccco3)C(C)C)n2C2CCCCC2)cc1. The third-order valence-electron chi connectivity index (χ3n) is 5.87. The van der Waals surface area contributed by atoms with E-state index in [1.165, 1.54) is 36.6 Å². The third-order valence-corrected chi connectivity index (χ3v) is 6.81. The van der Waals surface area contributed by atoms with Crippen LogP contribution in [0.1, 0.15) is 63.3 Å². The lowest BCUT2D eigenvalue weighted by atomic mass is 9.95. The number of aromatic nitrogens is 3. The molecule has 1 aliphatic rings. The molecule has 0 radical (unpaired) electrons. The number of nitrogens with zero attached hydrogens (tertiary/aromatic N) is 4. The minimum Gasteiger partial charge on any atom is -0.463 e. The lowest BCUT2D eigenvalue weighted by Gasteiger charge is -2.25. The van der Waals surface area contributed by atoms with E-state index in [1.54, 1.807) is 6.26 Å². The van der Waals surface area contributed by atoms with Crippen LogP contribution < -0.4 is 5.43 Å². The summed E-state index contributed by atoms with van der Waals surface area (Å²) in [7, 11) is 0. The van der Waals surface area contributed by atoms with Crippen LogP contribution in [0.4, 0.5) is 0 Å². The van der Waals surface area contributed by atoms with Gasteiger partial charge in [-0.2, -0.15) is 5.10 Å². The van der Waals surface area contributed by atoms with Crippen molar-refractivity contribution in [1.29, 1.82) is 0 Å². The van der Waals surface area contributed by atoms with E-state index in [0.717, 1.165) is 29.4 Å². The van der Waals surface area contributed by atoms with Gasteiger partial charge in [-0.25, -0.2) is 5.43 Å². The Morgan fingerprint density at radius 2 is 1.94 bits per heavy atom. The Labute approximate surface area is 199 Å². The van der Waals surface area contributed by atoms with E-state index >= 15 is 0 Å². The number of hydrogen-bond donors (Lipinski definition) is 1. The molecule has 8 heteroatoms. The largest absolute Gasteiger partial charge is 0.463 e. The highest BCUT2D eigenvalue weighted by Crippen LogP contribution is 2.35. The first kappa shape index (κ1) is 23.3. The minimum atomic E-state index is -0.181. The number of rotatable bonds is 8. The number of carbonyl (C=O) groups excluding carboxylic acids is 1. The van der Waals surface area contributed by atoms with Crippen LogP contribution in [0, 0.1) is 12.8 Å². The Hall–Kier alpha value is -2.87. The number of hydrazone groups is 1. The molecule has 0 saturated heterocycles. The summed E-state index contributed by atoms with van der Waals surface area (Å²) in [6, 6.07) is 12.4. The van der Waals surface area contributed by atoms with Crippen LogP contribution in [0.2, 0.25) is 0 Å². The highest BCUT2D eigenvalue weighted by Gasteiger charge is 2.24. The molecule has 1 fully saturated rings. The van der Waals surface area contributed by atoms with Gasteiger partial charge in [0.1, 0.15) is 11.5 Å². The van der Waals surface area contributed by atoms with Crippen LogP contribution in [0.15, 0.2) is 57.3 Å². The Morgan fingerprint density at radius 3 is 2.61 bits per heavy atom. The molecular weight excluding hydrogens is 434 g/mol. The van der Waals surface area contributed by atoms with Gasteiger partial charge in [-0.1, -0.05) is 74.7 Å². The van der Waals surface area contributed by atoms with Crippen molar-refractivity contribution in [3.8, 4) is 11.4 Å². The predicted molar refractivity (Wildman–Crippen MR) is 131 cm³/mol. The van der Waals surface area contributed by atoms with Crippen molar-refractivity contribution in [3.05, 3.63) is 54.0 Å². The molecule has 7 nitrogen and oxygen atoms in total. The van der Waals surface area contributed by atoms with Crippen molar-refractivity contribution >= 4 is 23.4 Å². The van der Waals surface area contributed by atoms with E-state index in [1.807, 2.05) is 26.0 Å². The van der Waals surface area contributed by atoms with E-state index in [4.69, 9.17) is 4.42 Å². The quantitative estimate of drug-likeness (QED) is 0.265. The Balaban J connectivity index is 1.50. The van der Waals surface area contributed by atoms with E-state index in [2.05, 4.69) is 56.5 Å². The predicted octanol–water partition coefficient (Wildman–Crippen LogP) is 5.62. The zero-order valence-electron chi connectivity index (χ0n) is 19.5. The zero-order valence-corrected chi connectivity index (χ0v) is 20.3. The smallest absolute Gasteiger partial charge is 0.250 e. The molecule has 1 amide bonds. The van der Waals surface area contributed by atoms with E-state index in [0.29, 0.717) is 17.5 Å². The molecule has 174 valence electrons. The van der Waals surface area contributed by atoms with Crippen LogP contribution >= 0.6 is 11.8 Å². The van der Waals surface area contributed by atoms with Crippen molar-refractivity contribution in [1.82, 2.24) is 20.2 Å². The number of amides is 1. The minimum absolute atomic E-state index is 0.121. The van der Waals surface area contributed by atoms with Gasteiger partial charge < -0.3 is 4.42 Å². The molecule has 33 heavy (non-hydrogen) atoms. The molecule has 0 aliphatic heterocycles. The maximum atomic E-state index is 12.6. The normalized spacial score (nSPS) is 15.2. The molecule has 0 spiro atoms. The van der Waals surface area contributed by atoms with Crippen molar-refractivity contribution in [3.63, 3.8) is 0 Å². The lowest BCUT2D eigenvalue weighted by Crippen LogP contribution is -2.24.